The highest BCUT2D eigenvalue weighted by Crippen LogP contribution is 2.47. The minimum Gasteiger partial charge on any atom is -0.316 e. The van der Waals surface area contributed by atoms with Crippen LogP contribution in [0.15, 0.2) is 41.5 Å². The molecule has 0 bridgehead atoms. The van der Waals surface area contributed by atoms with E-state index in [1.807, 2.05) is 49.1 Å². The number of carbonyl (C=O) groups is 1. The molecule has 0 saturated heterocycles. The topological polar surface area (TPSA) is 44.1 Å². The first-order valence-electron chi connectivity index (χ1n) is 7.61. The highest BCUT2D eigenvalue weighted by Gasteiger charge is 2.47. The Morgan fingerprint density at radius 2 is 1.95 bits per heavy atom. The molecule has 0 spiro atoms. The third-order valence-electron chi connectivity index (χ3n) is 4.29. The lowest BCUT2D eigenvalue weighted by atomic mass is 10.0. The molecule has 22 heavy (non-hydrogen) atoms. The van der Waals surface area contributed by atoms with Crippen LogP contribution in [-0.2, 0) is 11.3 Å². The minimum atomic E-state index is -0.374. The number of hydrogen-bond donors (Lipinski definition) is 0. The average molecular weight is 314 g/mol. The van der Waals surface area contributed by atoms with Gasteiger partial charge in [0.05, 0.1) is 6.07 Å². The zero-order chi connectivity index (χ0) is 16.2. The third-order valence-corrected chi connectivity index (χ3v) is 5.79. The number of amides is 1. The van der Waals surface area contributed by atoms with Gasteiger partial charge in [-0.3, -0.25) is 4.79 Å². The van der Waals surface area contributed by atoms with Crippen LogP contribution < -0.4 is 0 Å². The molecule has 0 saturated carbocycles. The van der Waals surface area contributed by atoms with Crippen LogP contribution in [0.5, 0.6) is 0 Å². The van der Waals surface area contributed by atoms with E-state index in [0.717, 1.165) is 22.5 Å². The van der Waals surface area contributed by atoms with Crippen LogP contribution in [-0.4, -0.2) is 21.4 Å². The lowest BCUT2D eigenvalue weighted by Gasteiger charge is -2.39. The number of hydrogen-bond acceptors (Lipinski definition) is 3. The average Bonchev–Trinajstić information content (AvgIpc) is 2.70. The molecule has 116 valence electrons. The van der Waals surface area contributed by atoms with Crippen molar-refractivity contribution >= 4 is 17.7 Å². The van der Waals surface area contributed by atoms with Crippen molar-refractivity contribution in [3.8, 4) is 6.07 Å². The molecule has 0 aromatic heterocycles. The standard InChI is InChI=1S/C18H22N2OS/c1-4-22-18(11-8-12-19)15(3)14(2)17(21)20(18)13-16-9-6-5-7-10-16/h5-7,9-10H,4,8,11,13H2,1-3H3. The maximum absolute atomic E-state index is 12.7. The smallest absolute Gasteiger partial charge is 0.251 e. The van der Waals surface area contributed by atoms with Gasteiger partial charge in [-0.15, -0.1) is 11.8 Å². The van der Waals surface area contributed by atoms with E-state index in [9.17, 15) is 4.79 Å². The summed E-state index contributed by atoms with van der Waals surface area (Å²) in [5.74, 6) is 1.01. The van der Waals surface area contributed by atoms with Gasteiger partial charge in [0.2, 0.25) is 0 Å². The summed E-state index contributed by atoms with van der Waals surface area (Å²) in [4.78, 5) is 14.3. The summed E-state index contributed by atoms with van der Waals surface area (Å²) < 4.78 is 0. The van der Waals surface area contributed by atoms with Crippen molar-refractivity contribution < 1.29 is 4.79 Å². The van der Waals surface area contributed by atoms with Gasteiger partial charge < -0.3 is 4.90 Å². The van der Waals surface area contributed by atoms with Crippen LogP contribution in [0.2, 0.25) is 0 Å². The fraction of sp³-hybridized carbons (Fsp3) is 0.444. The molecular weight excluding hydrogens is 292 g/mol. The Morgan fingerprint density at radius 3 is 2.55 bits per heavy atom. The second-order valence-electron chi connectivity index (χ2n) is 5.50. The molecule has 3 nitrogen and oxygen atoms in total. The van der Waals surface area contributed by atoms with Crippen molar-refractivity contribution in [1.29, 1.82) is 5.26 Å². The fourth-order valence-corrected chi connectivity index (χ4v) is 4.43. The zero-order valence-corrected chi connectivity index (χ0v) is 14.2. The van der Waals surface area contributed by atoms with E-state index in [1.165, 1.54) is 0 Å². The second kappa shape index (κ2) is 7.02. The van der Waals surface area contributed by atoms with Crippen LogP contribution >= 0.6 is 11.8 Å². The Bertz CT molecular complexity index is 618. The predicted molar refractivity (Wildman–Crippen MR) is 91.1 cm³/mol. The van der Waals surface area contributed by atoms with E-state index in [1.54, 1.807) is 11.8 Å². The van der Waals surface area contributed by atoms with Crippen molar-refractivity contribution in [1.82, 2.24) is 4.90 Å². The highest BCUT2D eigenvalue weighted by molar-refractivity contribution is 8.00. The van der Waals surface area contributed by atoms with E-state index >= 15 is 0 Å². The van der Waals surface area contributed by atoms with Gasteiger partial charge in [0.15, 0.2) is 0 Å². The van der Waals surface area contributed by atoms with E-state index in [2.05, 4.69) is 13.0 Å². The van der Waals surface area contributed by atoms with Crippen LogP contribution in [0.1, 0.15) is 39.2 Å². The lowest BCUT2D eigenvalue weighted by molar-refractivity contribution is -0.128. The second-order valence-corrected chi connectivity index (χ2v) is 7.04. The van der Waals surface area contributed by atoms with Crippen LogP contribution in [0, 0.1) is 11.3 Å². The molecule has 2 rings (SSSR count). The van der Waals surface area contributed by atoms with Gasteiger partial charge in [-0.1, -0.05) is 37.3 Å². The number of thioether (sulfide) groups is 1. The molecule has 0 N–H and O–H groups in total. The van der Waals surface area contributed by atoms with Crippen molar-refractivity contribution in [2.45, 2.75) is 45.0 Å². The molecule has 4 heteroatoms. The Kier molecular flexibility index (Phi) is 5.31. The zero-order valence-electron chi connectivity index (χ0n) is 13.4. The molecule has 1 aliphatic rings. The van der Waals surface area contributed by atoms with E-state index in [0.29, 0.717) is 19.4 Å². The number of nitrogens with zero attached hydrogens (tertiary/aromatic N) is 2. The first kappa shape index (κ1) is 16.6. The molecule has 1 aromatic carbocycles. The predicted octanol–water partition coefficient (Wildman–Crippen LogP) is 4.12. The Morgan fingerprint density at radius 1 is 1.27 bits per heavy atom. The van der Waals surface area contributed by atoms with Crippen LogP contribution in [0.25, 0.3) is 0 Å². The summed E-state index contributed by atoms with van der Waals surface area (Å²) in [6, 6.07) is 12.3. The summed E-state index contributed by atoms with van der Waals surface area (Å²) >= 11 is 1.77. The molecule has 1 unspecified atom stereocenters. The third kappa shape index (κ3) is 2.91. The summed E-state index contributed by atoms with van der Waals surface area (Å²) in [6.45, 7) is 6.63. The van der Waals surface area contributed by atoms with Gasteiger partial charge >= 0.3 is 0 Å². The van der Waals surface area contributed by atoms with Gasteiger partial charge in [-0.05, 0) is 37.2 Å². The summed E-state index contributed by atoms with van der Waals surface area (Å²) in [5, 5.41) is 9.02. The van der Waals surface area contributed by atoms with E-state index in [4.69, 9.17) is 5.26 Å². The van der Waals surface area contributed by atoms with Gasteiger partial charge in [0.25, 0.3) is 5.91 Å². The summed E-state index contributed by atoms with van der Waals surface area (Å²) in [6.07, 6.45) is 1.14. The first-order valence-corrected chi connectivity index (χ1v) is 8.60. The number of rotatable bonds is 6. The van der Waals surface area contributed by atoms with Gasteiger partial charge in [-0.25, -0.2) is 0 Å². The maximum Gasteiger partial charge on any atom is 0.251 e. The van der Waals surface area contributed by atoms with Crippen molar-refractivity contribution in [2.24, 2.45) is 0 Å². The normalized spacial score (nSPS) is 21.4. The van der Waals surface area contributed by atoms with E-state index in [-0.39, 0.29) is 10.8 Å². The van der Waals surface area contributed by atoms with Crippen molar-refractivity contribution in [3.63, 3.8) is 0 Å². The molecule has 0 aliphatic carbocycles. The summed E-state index contributed by atoms with van der Waals surface area (Å²) in [5.41, 5.74) is 3.06. The molecule has 1 aliphatic heterocycles. The molecule has 0 radical (unpaired) electrons. The SMILES string of the molecule is CCSC1(CCC#N)C(C)=C(C)C(=O)N1Cc1ccccc1. The Hall–Kier alpha value is -1.73. The highest BCUT2D eigenvalue weighted by atomic mass is 32.2. The lowest BCUT2D eigenvalue weighted by Crippen LogP contribution is -2.45. The minimum absolute atomic E-state index is 0.0974. The Balaban J connectivity index is 2.39. The molecule has 1 atom stereocenters. The molecule has 1 heterocycles. The Labute approximate surface area is 137 Å². The van der Waals surface area contributed by atoms with Gasteiger partial charge in [0, 0.05) is 18.5 Å². The molecular formula is C18H22N2OS. The summed E-state index contributed by atoms with van der Waals surface area (Å²) in [7, 11) is 0. The molecule has 1 aromatic rings. The first-order chi connectivity index (χ1) is 10.6. The van der Waals surface area contributed by atoms with E-state index < -0.39 is 0 Å². The monoisotopic (exact) mass is 314 g/mol. The quantitative estimate of drug-likeness (QED) is 0.793. The largest absolute Gasteiger partial charge is 0.316 e. The number of nitriles is 1. The maximum atomic E-state index is 12.7. The fourth-order valence-electron chi connectivity index (χ4n) is 3.03. The van der Waals surface area contributed by atoms with Crippen LogP contribution in [0.3, 0.4) is 0 Å². The van der Waals surface area contributed by atoms with Crippen molar-refractivity contribution in [2.75, 3.05) is 5.75 Å². The molecule has 1 amide bonds. The van der Waals surface area contributed by atoms with Crippen LogP contribution in [0.4, 0.5) is 0 Å². The molecule has 0 fully saturated rings. The van der Waals surface area contributed by atoms with Gasteiger partial charge in [0.1, 0.15) is 4.87 Å². The van der Waals surface area contributed by atoms with Crippen molar-refractivity contribution in [3.05, 3.63) is 47.0 Å². The number of carbonyl (C=O) groups excluding carboxylic acids is 1. The number of benzene rings is 1. The van der Waals surface area contributed by atoms with Gasteiger partial charge in [-0.2, -0.15) is 5.26 Å².